The number of thiocarbonyl (C=S) groups is 1. The van der Waals surface area contributed by atoms with Crippen LogP contribution in [0.3, 0.4) is 0 Å². The first-order valence-corrected chi connectivity index (χ1v) is 14.4. The molecule has 3 aromatic carbocycles. The summed E-state index contributed by atoms with van der Waals surface area (Å²) in [5, 5.41) is 2.72. The third-order valence-electron chi connectivity index (χ3n) is 5.64. The third kappa shape index (κ3) is 7.06. The van der Waals surface area contributed by atoms with Crippen molar-refractivity contribution in [2.45, 2.75) is 26.7 Å². The highest BCUT2D eigenvalue weighted by Crippen LogP contribution is 2.40. The van der Waals surface area contributed by atoms with Crippen LogP contribution in [0, 0.1) is 5.82 Å². The van der Waals surface area contributed by atoms with Crippen molar-refractivity contribution in [3.05, 3.63) is 87.0 Å². The van der Waals surface area contributed by atoms with Crippen molar-refractivity contribution < 1.29 is 23.5 Å². The minimum atomic E-state index is -0.393. The van der Waals surface area contributed by atoms with Crippen molar-refractivity contribution in [1.82, 2.24) is 0 Å². The van der Waals surface area contributed by atoms with Crippen LogP contribution in [0.4, 0.5) is 15.8 Å². The van der Waals surface area contributed by atoms with Crippen LogP contribution in [0.2, 0.25) is 0 Å². The highest BCUT2D eigenvalue weighted by Gasteiger charge is 2.33. The van der Waals surface area contributed by atoms with Gasteiger partial charge in [0, 0.05) is 11.3 Å². The van der Waals surface area contributed by atoms with E-state index in [0.29, 0.717) is 50.9 Å². The molecule has 0 radical (unpaired) electrons. The number of unbranched alkanes of at least 4 members (excludes halogenated alkanes) is 1. The molecule has 6 nitrogen and oxygen atoms in total. The topological polar surface area (TPSA) is 67.9 Å². The van der Waals surface area contributed by atoms with Crippen LogP contribution < -0.4 is 19.7 Å². The monoisotopic (exact) mass is 628 g/mol. The number of amides is 2. The van der Waals surface area contributed by atoms with Crippen molar-refractivity contribution in [3.63, 3.8) is 0 Å². The average molecular weight is 630 g/mol. The van der Waals surface area contributed by atoms with E-state index < -0.39 is 5.82 Å². The fourth-order valence-electron chi connectivity index (χ4n) is 3.76. The molecule has 202 valence electrons. The number of rotatable bonds is 10. The number of thioether (sulfide) groups is 1. The molecule has 1 fully saturated rings. The molecule has 0 spiro atoms. The molecule has 39 heavy (non-hydrogen) atoms. The SMILES string of the molecule is CCCCOc1c(Br)cc(/C=C2/SC(=S)N(c3cccc(C(=O)Nc4ccc(F)cc4)c3)C2=O)cc1OCC. The molecular weight excluding hydrogens is 603 g/mol. The number of hydrogen-bond donors (Lipinski definition) is 1. The van der Waals surface area contributed by atoms with Gasteiger partial charge in [0.1, 0.15) is 5.82 Å². The minimum absolute atomic E-state index is 0.293. The van der Waals surface area contributed by atoms with Crippen LogP contribution in [-0.4, -0.2) is 29.3 Å². The summed E-state index contributed by atoms with van der Waals surface area (Å²) in [5.41, 5.74) is 2.02. The number of benzene rings is 3. The molecule has 2 amide bonds. The second-order valence-electron chi connectivity index (χ2n) is 8.49. The number of anilines is 2. The highest BCUT2D eigenvalue weighted by molar-refractivity contribution is 9.10. The maximum Gasteiger partial charge on any atom is 0.270 e. The number of carbonyl (C=O) groups is 2. The molecule has 1 N–H and O–H groups in total. The minimum Gasteiger partial charge on any atom is -0.490 e. The van der Waals surface area contributed by atoms with E-state index in [9.17, 15) is 14.0 Å². The van der Waals surface area contributed by atoms with Crippen LogP contribution in [0.1, 0.15) is 42.6 Å². The summed E-state index contributed by atoms with van der Waals surface area (Å²) in [7, 11) is 0. The molecule has 0 unspecified atom stereocenters. The summed E-state index contributed by atoms with van der Waals surface area (Å²) in [4.78, 5) is 28.0. The number of ether oxygens (including phenoxy) is 2. The Morgan fingerprint density at radius 3 is 2.62 bits per heavy atom. The summed E-state index contributed by atoms with van der Waals surface area (Å²) >= 11 is 10.3. The van der Waals surface area contributed by atoms with E-state index in [4.69, 9.17) is 21.7 Å². The lowest BCUT2D eigenvalue weighted by atomic mass is 10.1. The lowest BCUT2D eigenvalue weighted by Gasteiger charge is -2.16. The molecule has 0 saturated carbocycles. The van der Waals surface area contributed by atoms with Crippen molar-refractivity contribution in [2.24, 2.45) is 0 Å². The summed E-state index contributed by atoms with van der Waals surface area (Å²) in [5.74, 6) is 0.142. The van der Waals surface area contributed by atoms with Gasteiger partial charge in [0.05, 0.1) is 28.3 Å². The summed E-state index contributed by atoms with van der Waals surface area (Å²) in [6.45, 7) is 5.04. The third-order valence-corrected chi connectivity index (χ3v) is 7.53. The largest absolute Gasteiger partial charge is 0.490 e. The fourth-order valence-corrected chi connectivity index (χ4v) is 5.63. The number of hydrogen-bond acceptors (Lipinski definition) is 6. The van der Waals surface area contributed by atoms with Crippen molar-refractivity contribution >= 4 is 73.5 Å². The molecule has 0 aromatic heterocycles. The van der Waals surface area contributed by atoms with Gasteiger partial charge in [-0.05, 0) is 95.5 Å². The number of nitrogens with one attached hydrogen (secondary N) is 1. The van der Waals surface area contributed by atoms with E-state index in [1.807, 2.05) is 19.1 Å². The van der Waals surface area contributed by atoms with E-state index in [0.717, 1.165) is 22.9 Å². The molecule has 0 atom stereocenters. The number of nitrogens with zero attached hydrogens (tertiary/aromatic N) is 1. The Bertz CT molecular complexity index is 1430. The first-order valence-electron chi connectivity index (χ1n) is 12.3. The molecule has 1 heterocycles. The zero-order valence-electron chi connectivity index (χ0n) is 21.3. The van der Waals surface area contributed by atoms with Crippen LogP contribution in [0.25, 0.3) is 6.08 Å². The standard InChI is InChI=1S/C29H26BrFN2O4S2/c1-3-5-13-37-26-23(30)14-18(15-24(26)36-4-2)16-25-28(35)33(29(38)39-25)22-8-6-7-19(17-22)27(34)32-21-11-9-20(31)10-12-21/h6-12,14-17H,3-5,13H2,1-2H3,(H,32,34)/b25-16+. The molecule has 3 aromatic rings. The number of halogens is 2. The van der Waals surface area contributed by atoms with Crippen molar-refractivity contribution in [2.75, 3.05) is 23.4 Å². The Labute approximate surface area is 244 Å². The second kappa shape index (κ2) is 13.2. The predicted molar refractivity (Wildman–Crippen MR) is 162 cm³/mol. The van der Waals surface area contributed by atoms with E-state index >= 15 is 0 Å². The smallest absolute Gasteiger partial charge is 0.270 e. The van der Waals surface area contributed by atoms with Gasteiger partial charge in [-0.1, -0.05) is 43.4 Å². The normalized spacial score (nSPS) is 14.2. The molecule has 0 aliphatic carbocycles. The quantitative estimate of drug-likeness (QED) is 0.140. The average Bonchev–Trinajstić information content (AvgIpc) is 3.19. The Morgan fingerprint density at radius 1 is 1.13 bits per heavy atom. The van der Waals surface area contributed by atoms with Gasteiger partial charge in [0.15, 0.2) is 15.8 Å². The Morgan fingerprint density at radius 2 is 1.90 bits per heavy atom. The zero-order valence-corrected chi connectivity index (χ0v) is 24.6. The molecule has 1 saturated heterocycles. The number of carbonyl (C=O) groups excluding carboxylic acids is 2. The van der Waals surface area contributed by atoms with Gasteiger partial charge in [-0.2, -0.15) is 0 Å². The van der Waals surface area contributed by atoms with Gasteiger partial charge in [-0.15, -0.1) is 0 Å². The lowest BCUT2D eigenvalue weighted by molar-refractivity contribution is -0.113. The zero-order chi connectivity index (χ0) is 27.9. The molecule has 1 aliphatic rings. The lowest BCUT2D eigenvalue weighted by Crippen LogP contribution is -2.27. The highest BCUT2D eigenvalue weighted by atomic mass is 79.9. The van der Waals surface area contributed by atoms with Gasteiger partial charge in [-0.25, -0.2) is 4.39 Å². The maximum absolute atomic E-state index is 13.4. The maximum atomic E-state index is 13.4. The Kier molecular flexibility index (Phi) is 9.77. The van der Waals surface area contributed by atoms with Crippen LogP contribution in [-0.2, 0) is 4.79 Å². The molecule has 10 heteroatoms. The van der Waals surface area contributed by atoms with Crippen molar-refractivity contribution in [1.29, 1.82) is 0 Å². The summed E-state index contributed by atoms with van der Waals surface area (Å²) in [6.07, 6.45) is 3.70. The van der Waals surface area contributed by atoms with Crippen LogP contribution in [0.15, 0.2) is 70.0 Å². The van der Waals surface area contributed by atoms with E-state index in [-0.39, 0.29) is 11.8 Å². The van der Waals surface area contributed by atoms with E-state index in [2.05, 4.69) is 28.2 Å². The van der Waals surface area contributed by atoms with Crippen LogP contribution in [0.5, 0.6) is 11.5 Å². The molecular formula is C29H26BrFN2O4S2. The fraction of sp³-hybridized carbons (Fsp3) is 0.207. The van der Waals surface area contributed by atoms with Crippen molar-refractivity contribution in [3.8, 4) is 11.5 Å². The molecule has 1 aliphatic heterocycles. The molecule has 4 rings (SSSR count). The Balaban J connectivity index is 1.56. The molecule has 0 bridgehead atoms. The van der Waals surface area contributed by atoms with E-state index in [1.165, 1.54) is 40.9 Å². The van der Waals surface area contributed by atoms with Gasteiger partial charge in [0.25, 0.3) is 11.8 Å². The summed E-state index contributed by atoms with van der Waals surface area (Å²) < 4.78 is 26.0. The van der Waals surface area contributed by atoms with Gasteiger partial charge in [0.2, 0.25) is 0 Å². The van der Waals surface area contributed by atoms with E-state index in [1.54, 1.807) is 30.3 Å². The predicted octanol–water partition coefficient (Wildman–Crippen LogP) is 7.82. The van der Waals surface area contributed by atoms with Gasteiger partial charge >= 0.3 is 0 Å². The second-order valence-corrected chi connectivity index (χ2v) is 11.0. The first-order chi connectivity index (χ1) is 18.8. The van der Waals surface area contributed by atoms with Crippen LogP contribution >= 0.6 is 39.9 Å². The van der Waals surface area contributed by atoms with Gasteiger partial charge in [-0.3, -0.25) is 14.5 Å². The summed E-state index contributed by atoms with van der Waals surface area (Å²) in [6, 6.07) is 15.8. The Hall–Kier alpha value is -3.21. The first kappa shape index (κ1) is 28.8. The van der Waals surface area contributed by atoms with Gasteiger partial charge < -0.3 is 14.8 Å².